The van der Waals surface area contributed by atoms with Crippen LogP contribution < -0.4 is 20.3 Å². The minimum atomic E-state index is -0.166. The van der Waals surface area contributed by atoms with Gasteiger partial charge in [-0.3, -0.25) is 9.59 Å². The summed E-state index contributed by atoms with van der Waals surface area (Å²) in [4.78, 5) is 28.8. The van der Waals surface area contributed by atoms with Gasteiger partial charge in [-0.05, 0) is 75.0 Å². The molecule has 1 saturated carbocycles. The van der Waals surface area contributed by atoms with Crippen LogP contribution in [-0.2, 0) is 6.54 Å². The van der Waals surface area contributed by atoms with E-state index in [1.807, 2.05) is 42.3 Å². The third kappa shape index (κ3) is 4.29. The molecule has 1 aliphatic carbocycles. The Morgan fingerprint density at radius 2 is 1.87 bits per heavy atom. The second-order valence-electron chi connectivity index (χ2n) is 8.42. The second kappa shape index (κ2) is 8.93. The van der Waals surface area contributed by atoms with Crippen LogP contribution in [0, 0.1) is 6.92 Å². The van der Waals surface area contributed by atoms with Gasteiger partial charge in [-0.2, -0.15) is 0 Å². The number of aryl methyl sites for hydroxylation is 1. The monoisotopic (exact) mass is 445 g/mol. The summed E-state index contributed by atoms with van der Waals surface area (Å²) in [6.07, 6.45) is 5.61. The fraction of sp³-hybridized carbons (Fsp3) is 0.478. The Hall–Kier alpha value is -2.51. The van der Waals surface area contributed by atoms with Crippen molar-refractivity contribution in [1.29, 1.82) is 0 Å². The lowest BCUT2D eigenvalue weighted by Gasteiger charge is -2.27. The molecule has 0 bridgehead atoms. The summed E-state index contributed by atoms with van der Waals surface area (Å²) in [5.41, 5.74) is 1.87. The van der Waals surface area contributed by atoms with Crippen LogP contribution in [0.3, 0.4) is 0 Å². The Labute approximate surface area is 187 Å². The van der Waals surface area contributed by atoms with Crippen LogP contribution in [0.1, 0.15) is 53.2 Å². The van der Waals surface area contributed by atoms with E-state index >= 15 is 0 Å². The second-order valence-corrected chi connectivity index (χ2v) is 8.42. The van der Waals surface area contributed by atoms with Crippen molar-refractivity contribution >= 4 is 18.3 Å². The number of fused-ring (bicyclic) bond motifs is 1. The third-order valence-corrected chi connectivity index (χ3v) is 6.28. The molecule has 0 atom stereocenters. The number of carbonyl (C=O) groups excluding carboxylic acids is 1. The maximum Gasteiger partial charge on any atom is 0.263 e. The molecular weight excluding hydrogens is 418 g/mol. The minimum Gasteiger partial charge on any atom is -0.454 e. The fourth-order valence-corrected chi connectivity index (χ4v) is 4.41. The average molecular weight is 446 g/mol. The first-order valence-electron chi connectivity index (χ1n) is 10.7. The van der Waals surface area contributed by atoms with E-state index < -0.39 is 0 Å². The van der Waals surface area contributed by atoms with Gasteiger partial charge in [0.25, 0.3) is 11.5 Å². The largest absolute Gasteiger partial charge is 0.454 e. The van der Waals surface area contributed by atoms with Crippen molar-refractivity contribution in [2.45, 2.75) is 51.2 Å². The number of nitrogens with zero attached hydrogens (tertiary/aromatic N) is 2. The molecule has 166 valence electrons. The third-order valence-electron chi connectivity index (χ3n) is 6.28. The molecule has 2 aliphatic heterocycles. The van der Waals surface area contributed by atoms with Crippen LogP contribution in [0.4, 0.5) is 0 Å². The number of halogens is 1. The maximum absolute atomic E-state index is 13.6. The predicted molar refractivity (Wildman–Crippen MR) is 119 cm³/mol. The first-order chi connectivity index (χ1) is 14.6. The Kier molecular flexibility index (Phi) is 6.25. The van der Waals surface area contributed by atoms with Gasteiger partial charge in [0.05, 0.1) is 0 Å². The predicted octanol–water partition coefficient (Wildman–Crippen LogP) is 3.04. The summed E-state index contributed by atoms with van der Waals surface area (Å²) in [5, 5.41) is 3.33. The lowest BCUT2D eigenvalue weighted by molar-refractivity contribution is 0.0726. The van der Waals surface area contributed by atoms with Gasteiger partial charge in [0.1, 0.15) is 5.56 Å². The van der Waals surface area contributed by atoms with Gasteiger partial charge in [0.2, 0.25) is 6.79 Å². The number of nitrogens with one attached hydrogen (secondary N) is 1. The summed E-state index contributed by atoms with van der Waals surface area (Å²) in [5.74, 6) is 1.27. The molecule has 8 heteroatoms. The molecule has 1 saturated heterocycles. The van der Waals surface area contributed by atoms with E-state index in [-0.39, 0.29) is 42.8 Å². The Morgan fingerprint density at radius 3 is 2.61 bits per heavy atom. The van der Waals surface area contributed by atoms with E-state index in [1.165, 1.54) is 0 Å². The molecular formula is C23H28ClN3O4. The van der Waals surface area contributed by atoms with E-state index in [0.29, 0.717) is 17.9 Å². The van der Waals surface area contributed by atoms with E-state index in [9.17, 15) is 9.59 Å². The van der Waals surface area contributed by atoms with Crippen molar-refractivity contribution in [3.8, 4) is 11.5 Å². The molecule has 1 aromatic carbocycles. The molecule has 2 fully saturated rings. The van der Waals surface area contributed by atoms with Gasteiger partial charge >= 0.3 is 0 Å². The summed E-state index contributed by atoms with van der Waals surface area (Å²) < 4.78 is 12.6. The smallest absolute Gasteiger partial charge is 0.263 e. The fourth-order valence-electron chi connectivity index (χ4n) is 4.41. The molecule has 3 heterocycles. The van der Waals surface area contributed by atoms with Gasteiger partial charge in [-0.15, -0.1) is 12.4 Å². The Bertz CT molecular complexity index is 1030. The highest BCUT2D eigenvalue weighted by molar-refractivity contribution is 5.95. The molecule has 5 rings (SSSR count). The first-order valence-corrected chi connectivity index (χ1v) is 10.7. The lowest BCUT2D eigenvalue weighted by atomic mass is 10.0. The highest BCUT2D eigenvalue weighted by Gasteiger charge is 2.35. The van der Waals surface area contributed by atoms with Crippen molar-refractivity contribution in [3.05, 3.63) is 57.5 Å². The SMILES string of the molecule is Cc1ccn(C2CCNCC2)c(=O)c1C(=O)N(Cc1ccc2c(c1)OCO2)C1CC1.Cl. The minimum absolute atomic E-state index is 0. The van der Waals surface area contributed by atoms with Crippen molar-refractivity contribution in [1.82, 2.24) is 14.8 Å². The number of amides is 1. The van der Waals surface area contributed by atoms with E-state index in [4.69, 9.17) is 9.47 Å². The van der Waals surface area contributed by atoms with Gasteiger partial charge in [0.15, 0.2) is 11.5 Å². The number of aromatic nitrogens is 1. The highest BCUT2D eigenvalue weighted by Crippen LogP contribution is 2.35. The Balaban J connectivity index is 0.00000231. The molecule has 1 amide bonds. The normalized spacial score (nSPS) is 17.8. The summed E-state index contributed by atoms with van der Waals surface area (Å²) in [6.45, 7) is 4.33. The molecule has 1 N–H and O–H groups in total. The van der Waals surface area contributed by atoms with Crippen LogP contribution in [0.2, 0.25) is 0 Å². The van der Waals surface area contributed by atoms with Crippen molar-refractivity contribution in [3.63, 3.8) is 0 Å². The maximum atomic E-state index is 13.6. The summed E-state index contributed by atoms with van der Waals surface area (Å²) >= 11 is 0. The number of rotatable bonds is 5. The number of ether oxygens (including phenoxy) is 2. The molecule has 31 heavy (non-hydrogen) atoms. The summed E-state index contributed by atoms with van der Waals surface area (Å²) in [7, 11) is 0. The van der Waals surface area contributed by atoms with Gasteiger partial charge in [0, 0.05) is 24.8 Å². The highest BCUT2D eigenvalue weighted by atomic mass is 35.5. The van der Waals surface area contributed by atoms with Crippen LogP contribution in [0.15, 0.2) is 35.3 Å². The van der Waals surface area contributed by atoms with Crippen LogP contribution >= 0.6 is 12.4 Å². The molecule has 2 aromatic rings. The van der Waals surface area contributed by atoms with E-state index in [2.05, 4.69) is 5.32 Å². The van der Waals surface area contributed by atoms with Crippen LogP contribution in [0.5, 0.6) is 11.5 Å². The number of pyridine rings is 1. The number of carbonyl (C=O) groups is 1. The zero-order chi connectivity index (χ0) is 20.7. The van der Waals surface area contributed by atoms with Gasteiger partial charge in [-0.25, -0.2) is 0 Å². The average Bonchev–Trinajstić information content (AvgIpc) is 3.49. The molecule has 0 unspecified atom stereocenters. The van der Waals surface area contributed by atoms with E-state index in [1.54, 1.807) is 4.57 Å². The number of benzene rings is 1. The lowest BCUT2D eigenvalue weighted by Crippen LogP contribution is -2.40. The summed E-state index contributed by atoms with van der Waals surface area (Å²) in [6, 6.07) is 8.01. The zero-order valence-electron chi connectivity index (χ0n) is 17.6. The van der Waals surface area contributed by atoms with Crippen molar-refractivity contribution in [2.75, 3.05) is 19.9 Å². The van der Waals surface area contributed by atoms with Gasteiger partial charge in [-0.1, -0.05) is 6.07 Å². The molecule has 3 aliphatic rings. The van der Waals surface area contributed by atoms with Crippen molar-refractivity contribution < 1.29 is 14.3 Å². The first kappa shape index (κ1) is 21.7. The number of hydrogen-bond donors (Lipinski definition) is 1. The number of hydrogen-bond acceptors (Lipinski definition) is 5. The van der Waals surface area contributed by atoms with Crippen LogP contribution in [-0.4, -0.2) is 41.3 Å². The molecule has 7 nitrogen and oxygen atoms in total. The van der Waals surface area contributed by atoms with Gasteiger partial charge < -0.3 is 24.3 Å². The Morgan fingerprint density at radius 1 is 1.13 bits per heavy atom. The standard InChI is InChI=1S/C23H27N3O4.ClH/c1-15-8-11-25(18-6-9-24-10-7-18)22(27)21(15)23(28)26(17-3-4-17)13-16-2-5-19-20(12-16)30-14-29-19;/h2,5,8,11-12,17-18,24H,3-4,6-7,9-10,13-14H2,1H3;1H. The molecule has 0 spiro atoms. The number of piperidine rings is 1. The topological polar surface area (TPSA) is 72.8 Å². The van der Waals surface area contributed by atoms with E-state index in [0.717, 1.165) is 55.6 Å². The quantitative estimate of drug-likeness (QED) is 0.765. The van der Waals surface area contributed by atoms with Crippen molar-refractivity contribution in [2.24, 2.45) is 0 Å². The molecule has 1 aromatic heterocycles. The molecule has 0 radical (unpaired) electrons. The zero-order valence-corrected chi connectivity index (χ0v) is 18.5. The van der Waals surface area contributed by atoms with Crippen LogP contribution in [0.25, 0.3) is 0 Å².